The Labute approximate surface area is 299 Å². The van der Waals surface area contributed by atoms with E-state index in [4.69, 9.17) is 80.7 Å². The van der Waals surface area contributed by atoms with E-state index in [-0.39, 0.29) is 0 Å². The van der Waals surface area contributed by atoms with Gasteiger partial charge in [-0.3, -0.25) is 0 Å². The first-order chi connectivity index (χ1) is 22.6. The van der Waals surface area contributed by atoms with Crippen LogP contribution in [0.2, 0.25) is 0 Å². The van der Waals surface area contributed by atoms with Gasteiger partial charge in [0.15, 0.2) is 0 Å². The maximum absolute atomic E-state index is 6.85. The van der Waals surface area contributed by atoms with Crippen molar-refractivity contribution in [1.29, 1.82) is 0 Å². The average Bonchev–Trinajstić information content (AvgIpc) is 2.81. The zero-order valence-corrected chi connectivity index (χ0v) is 39.3. The molecule has 19 nitrogen and oxygen atoms in total. The van der Waals surface area contributed by atoms with E-state index in [1.54, 1.807) is 96.9 Å². The SMILES string of the molecule is CO[SiH]1O[Si]2(OC(C)C)O[Si]3(OC(C)C)O[Si]4(OC(C)C)O[Si](OC(C)C)(O[SiH](OC(C)C)O[Si@@](OC(C)C)(O2)O4)O[Si@](OC(C)C)(O1)O3. The van der Waals surface area contributed by atoms with Crippen LogP contribution in [0.1, 0.15) is 96.9 Å². The first-order valence-corrected chi connectivity index (χ1v) is 29.1. The van der Waals surface area contributed by atoms with Gasteiger partial charge in [-0.05, 0) is 96.9 Å². The molecular weight excluding hydrogens is 793 g/mol. The third kappa shape index (κ3) is 11.0. The third-order valence-electron chi connectivity index (χ3n) is 5.57. The van der Waals surface area contributed by atoms with Crippen LogP contribution in [-0.4, -0.2) is 123 Å². The topological polar surface area (TPSA) is 175 Å². The molecular formula is C22H54O19Si8. The Bertz CT molecular complexity index is 1030. The molecule has 0 aromatic heterocycles. The van der Waals surface area contributed by atoms with Crippen LogP contribution in [-0.2, 0) is 80.7 Å². The van der Waals surface area contributed by atoms with Crippen LogP contribution in [0.3, 0.4) is 0 Å². The molecule has 27 heteroatoms. The molecule has 4 saturated heterocycles. The van der Waals surface area contributed by atoms with Crippen LogP contribution in [0.4, 0.5) is 0 Å². The van der Waals surface area contributed by atoms with Crippen molar-refractivity contribution in [3.63, 3.8) is 0 Å². The fraction of sp³-hybridized carbons (Fsp3) is 1.00. The molecule has 4 aliphatic rings. The van der Waals surface area contributed by atoms with Gasteiger partial charge in [-0.2, -0.15) is 0 Å². The first kappa shape index (κ1) is 42.7. The highest BCUT2D eigenvalue weighted by atomic mass is 28.6. The Morgan fingerprint density at radius 1 is 0.327 bits per heavy atom. The summed E-state index contributed by atoms with van der Waals surface area (Å²) >= 11 is 0. The molecule has 288 valence electrons. The second-order valence-corrected chi connectivity index (χ2v) is 32.0. The zero-order chi connectivity index (χ0) is 36.6. The maximum Gasteiger partial charge on any atom is 0.662 e. The maximum atomic E-state index is 6.85. The van der Waals surface area contributed by atoms with E-state index >= 15 is 0 Å². The second kappa shape index (κ2) is 16.4. The van der Waals surface area contributed by atoms with Gasteiger partial charge < -0.3 is 80.7 Å². The number of hydrogen-bond donors (Lipinski definition) is 0. The fourth-order valence-corrected chi connectivity index (χ4v) is 37.3. The van der Waals surface area contributed by atoms with Crippen LogP contribution in [0, 0.1) is 0 Å². The molecule has 8 atom stereocenters. The lowest BCUT2D eigenvalue weighted by Crippen LogP contribution is -2.86. The average molecular weight is 847 g/mol. The van der Waals surface area contributed by atoms with Gasteiger partial charge in [0.05, 0.1) is 0 Å². The molecule has 0 saturated carbocycles. The molecule has 4 aliphatic heterocycles. The number of hydrogen-bond acceptors (Lipinski definition) is 19. The highest BCUT2D eigenvalue weighted by Crippen LogP contribution is 2.46. The van der Waals surface area contributed by atoms with Gasteiger partial charge in [0.25, 0.3) is 0 Å². The lowest BCUT2D eigenvalue weighted by atomic mass is 10.5. The van der Waals surface area contributed by atoms with Crippen LogP contribution in [0.25, 0.3) is 0 Å². The molecule has 49 heavy (non-hydrogen) atoms. The van der Waals surface area contributed by atoms with Crippen LogP contribution in [0.5, 0.6) is 0 Å². The van der Waals surface area contributed by atoms with Crippen molar-refractivity contribution >= 4 is 73.3 Å². The minimum Gasteiger partial charge on any atom is -0.380 e. The summed E-state index contributed by atoms with van der Waals surface area (Å²) in [6, 6.07) is 0. The first-order valence-electron chi connectivity index (χ1n) is 16.5. The molecule has 0 amide bonds. The van der Waals surface area contributed by atoms with Gasteiger partial charge in [-0.25, -0.2) is 0 Å². The lowest BCUT2D eigenvalue weighted by molar-refractivity contribution is -0.145. The quantitative estimate of drug-likeness (QED) is 0.218. The summed E-state index contributed by atoms with van der Waals surface area (Å²) in [6.45, 7) is 24.7. The smallest absolute Gasteiger partial charge is 0.380 e. The largest absolute Gasteiger partial charge is 0.662 e. The van der Waals surface area contributed by atoms with Crippen molar-refractivity contribution in [3.05, 3.63) is 0 Å². The van der Waals surface area contributed by atoms with Gasteiger partial charge in [-0.15, -0.1) is 0 Å². The predicted octanol–water partition coefficient (Wildman–Crippen LogP) is 1.89. The van der Waals surface area contributed by atoms with Gasteiger partial charge >= 0.3 is 73.3 Å². The van der Waals surface area contributed by atoms with E-state index in [0.29, 0.717) is 0 Å². The lowest BCUT2D eigenvalue weighted by Gasteiger charge is -2.54. The van der Waals surface area contributed by atoms with E-state index < -0.39 is 116 Å². The van der Waals surface area contributed by atoms with Gasteiger partial charge in [-0.1, -0.05) is 0 Å². The van der Waals surface area contributed by atoms with E-state index in [1.807, 2.05) is 0 Å². The highest BCUT2D eigenvalue weighted by Gasteiger charge is 2.85. The molecule has 6 bridgehead atoms. The van der Waals surface area contributed by atoms with Crippen LogP contribution < -0.4 is 0 Å². The van der Waals surface area contributed by atoms with Crippen molar-refractivity contribution in [2.75, 3.05) is 7.11 Å². The number of fused-ring (bicyclic) bond motifs is 4. The predicted molar refractivity (Wildman–Crippen MR) is 181 cm³/mol. The normalized spacial score (nSPS) is 40.0. The van der Waals surface area contributed by atoms with Crippen LogP contribution >= 0.6 is 0 Å². The molecule has 0 aliphatic carbocycles. The van der Waals surface area contributed by atoms with Gasteiger partial charge in [0, 0.05) is 49.8 Å². The number of rotatable bonds is 15. The molecule has 0 N–H and O–H groups in total. The molecule has 4 rings (SSSR count). The third-order valence-corrected chi connectivity index (χ3v) is 33.0. The van der Waals surface area contributed by atoms with Crippen molar-refractivity contribution in [2.24, 2.45) is 0 Å². The molecule has 0 aromatic carbocycles. The summed E-state index contributed by atoms with van der Waals surface area (Å²) < 4.78 is 125. The Hall–Kier alpha value is 0.975. The Kier molecular flexibility index (Phi) is 14.3. The van der Waals surface area contributed by atoms with Crippen molar-refractivity contribution in [3.8, 4) is 0 Å². The summed E-state index contributed by atoms with van der Waals surface area (Å²) in [7, 11) is -34.2. The Morgan fingerprint density at radius 3 is 0.796 bits per heavy atom. The molecule has 0 spiro atoms. The summed E-state index contributed by atoms with van der Waals surface area (Å²) in [5.41, 5.74) is 0. The van der Waals surface area contributed by atoms with E-state index in [9.17, 15) is 0 Å². The minimum atomic E-state index is -4.83. The molecule has 4 fully saturated rings. The van der Waals surface area contributed by atoms with E-state index in [2.05, 4.69) is 0 Å². The Balaban J connectivity index is 2.16. The minimum absolute atomic E-state index is 0.418. The molecule has 6 unspecified atom stereocenters. The summed E-state index contributed by atoms with van der Waals surface area (Å²) in [5, 5.41) is 0. The van der Waals surface area contributed by atoms with Gasteiger partial charge in [0.1, 0.15) is 0 Å². The van der Waals surface area contributed by atoms with Crippen LogP contribution in [0.15, 0.2) is 0 Å². The molecule has 0 radical (unpaired) electrons. The summed E-state index contributed by atoms with van der Waals surface area (Å²) in [4.78, 5) is 0. The van der Waals surface area contributed by atoms with Crippen molar-refractivity contribution in [1.82, 2.24) is 0 Å². The monoisotopic (exact) mass is 846 g/mol. The summed E-state index contributed by atoms with van der Waals surface area (Å²) in [6.07, 6.45) is -3.89. The molecule has 4 heterocycles. The molecule has 0 aromatic rings. The van der Waals surface area contributed by atoms with Crippen molar-refractivity contribution < 1.29 is 80.7 Å². The van der Waals surface area contributed by atoms with Crippen molar-refractivity contribution in [2.45, 2.75) is 140 Å². The summed E-state index contributed by atoms with van der Waals surface area (Å²) in [5.74, 6) is 0. The van der Waals surface area contributed by atoms with Gasteiger partial charge in [0.2, 0.25) is 0 Å². The second-order valence-electron chi connectivity index (χ2n) is 13.2. The fourth-order valence-electron chi connectivity index (χ4n) is 4.55. The van der Waals surface area contributed by atoms with E-state index in [1.165, 1.54) is 7.11 Å². The van der Waals surface area contributed by atoms with E-state index in [0.717, 1.165) is 0 Å². The Morgan fingerprint density at radius 2 is 0.551 bits per heavy atom. The zero-order valence-electron chi connectivity index (χ0n) is 31.0. The highest BCUT2D eigenvalue weighted by molar-refractivity contribution is 6.93. The standard InChI is InChI=1S/C22H54O19Si8/c1-16(2)24-43-33-46(27-19(7)8)35-44(25-17(3)4)31-42(23-15)32-45(26-18(5)6)36-47(34-43,28-20(9)10)40-49(39-46,30-22(13)14)41-48(37-44,38-45)29-21(11)12/h16-22,42-43H,1-15H3/t42?,43?,44-,45?,46?,47-,48?,49?/m0/s1.